The van der Waals surface area contributed by atoms with Gasteiger partial charge in [0.2, 0.25) is 0 Å². The minimum absolute atomic E-state index is 0.726. The smallest absolute Gasteiger partial charge is 0.145 e. The molecule has 2 heterocycles. The molecule has 3 heteroatoms. The lowest BCUT2D eigenvalue weighted by Crippen LogP contribution is -1.81. The summed E-state index contributed by atoms with van der Waals surface area (Å²) in [6, 6.07) is 14.0. The van der Waals surface area contributed by atoms with Crippen LogP contribution in [0.15, 0.2) is 51.3 Å². The van der Waals surface area contributed by atoms with Crippen LogP contribution in [-0.4, -0.2) is 0 Å². The Morgan fingerprint density at radius 3 is 2.43 bits per heavy atom. The van der Waals surface area contributed by atoms with Crippen LogP contribution in [0.5, 0.6) is 0 Å². The van der Waals surface area contributed by atoms with Crippen LogP contribution in [0.4, 0.5) is 0 Å². The van der Waals surface area contributed by atoms with E-state index in [1.807, 2.05) is 50.2 Å². The second kappa shape index (κ2) is 4.40. The van der Waals surface area contributed by atoms with Gasteiger partial charge in [-0.2, -0.15) is 0 Å². The molecular weight excluding hydrogens is 284 g/mol. The zero-order valence-corrected chi connectivity index (χ0v) is 12.5. The van der Waals surface area contributed by atoms with Crippen molar-refractivity contribution in [3.63, 3.8) is 0 Å². The predicted octanol–water partition coefficient (Wildman–Crippen LogP) is 6.12. The van der Waals surface area contributed by atoms with Crippen LogP contribution in [0.2, 0.25) is 5.02 Å². The molecule has 0 aliphatic heterocycles. The van der Waals surface area contributed by atoms with Gasteiger partial charge in [0.25, 0.3) is 0 Å². The normalized spacial score (nSPS) is 11.6. The third kappa shape index (κ3) is 1.95. The summed E-state index contributed by atoms with van der Waals surface area (Å²) < 4.78 is 11.7. The molecule has 0 radical (unpaired) electrons. The molecule has 4 rings (SSSR count). The van der Waals surface area contributed by atoms with Crippen LogP contribution in [0.3, 0.4) is 0 Å². The number of halogens is 1. The summed E-state index contributed by atoms with van der Waals surface area (Å²) in [5.74, 6) is 2.59. The highest BCUT2D eigenvalue weighted by Gasteiger charge is 2.16. The fourth-order valence-corrected chi connectivity index (χ4v) is 3.00. The average molecular weight is 297 g/mol. The largest absolute Gasteiger partial charge is 0.461 e. The topological polar surface area (TPSA) is 26.3 Å². The molecule has 21 heavy (non-hydrogen) atoms. The number of furan rings is 2. The van der Waals surface area contributed by atoms with E-state index in [2.05, 4.69) is 6.07 Å². The van der Waals surface area contributed by atoms with Crippen molar-refractivity contribution >= 4 is 33.3 Å². The number of aryl methyl sites for hydroxylation is 2. The van der Waals surface area contributed by atoms with E-state index in [4.69, 9.17) is 20.4 Å². The summed E-state index contributed by atoms with van der Waals surface area (Å²) in [4.78, 5) is 0. The van der Waals surface area contributed by atoms with Crippen LogP contribution in [0.25, 0.3) is 33.1 Å². The lowest BCUT2D eigenvalue weighted by molar-refractivity contribution is 0.544. The lowest BCUT2D eigenvalue weighted by atomic mass is 10.00. The number of hydrogen-bond donors (Lipinski definition) is 0. The van der Waals surface area contributed by atoms with E-state index in [9.17, 15) is 0 Å². The van der Waals surface area contributed by atoms with Gasteiger partial charge >= 0.3 is 0 Å². The van der Waals surface area contributed by atoms with Crippen LogP contribution >= 0.6 is 11.6 Å². The Morgan fingerprint density at radius 2 is 1.67 bits per heavy atom. The van der Waals surface area contributed by atoms with Gasteiger partial charge in [0, 0.05) is 10.4 Å². The Kier molecular flexibility index (Phi) is 2.63. The van der Waals surface area contributed by atoms with Crippen LogP contribution in [0.1, 0.15) is 11.5 Å². The van der Waals surface area contributed by atoms with Gasteiger partial charge in [-0.1, -0.05) is 17.7 Å². The molecule has 0 saturated heterocycles. The molecule has 0 saturated carbocycles. The third-order valence-corrected chi connectivity index (χ3v) is 3.93. The molecule has 0 fully saturated rings. The second-order valence-corrected chi connectivity index (χ2v) is 5.74. The Morgan fingerprint density at radius 1 is 0.810 bits per heavy atom. The predicted molar refractivity (Wildman–Crippen MR) is 85.9 cm³/mol. The van der Waals surface area contributed by atoms with Crippen molar-refractivity contribution < 1.29 is 8.83 Å². The molecule has 2 aromatic carbocycles. The minimum atomic E-state index is 0.726. The van der Waals surface area contributed by atoms with Crippen molar-refractivity contribution in [2.45, 2.75) is 13.8 Å². The molecule has 0 aliphatic rings. The number of hydrogen-bond acceptors (Lipinski definition) is 2. The summed E-state index contributed by atoms with van der Waals surface area (Å²) in [7, 11) is 0. The molecule has 0 bridgehead atoms. The standard InChI is InChI=1S/C18H13ClO2/c1-10-3-6-16(20-10)17-15-5-4-14(19)9-12(15)8-13-7-11(2)21-18(13)17/h3-9H,1-2H3. The van der Waals surface area contributed by atoms with Gasteiger partial charge in [-0.3, -0.25) is 0 Å². The maximum atomic E-state index is 6.13. The first-order chi connectivity index (χ1) is 10.1. The van der Waals surface area contributed by atoms with Crippen molar-refractivity contribution in [1.29, 1.82) is 0 Å². The van der Waals surface area contributed by atoms with Gasteiger partial charge in [-0.25, -0.2) is 0 Å². The molecule has 2 aromatic heterocycles. The summed E-state index contributed by atoms with van der Waals surface area (Å²) in [6.07, 6.45) is 0. The van der Waals surface area contributed by atoms with Gasteiger partial charge in [0.15, 0.2) is 0 Å². The first kappa shape index (κ1) is 12.5. The van der Waals surface area contributed by atoms with Crippen molar-refractivity contribution in [3.05, 3.63) is 59.0 Å². The number of fused-ring (bicyclic) bond motifs is 2. The summed E-state index contributed by atoms with van der Waals surface area (Å²) >= 11 is 6.13. The highest BCUT2D eigenvalue weighted by atomic mass is 35.5. The number of rotatable bonds is 1. The first-order valence-corrected chi connectivity index (χ1v) is 7.19. The van der Waals surface area contributed by atoms with Crippen molar-refractivity contribution in [1.82, 2.24) is 0 Å². The second-order valence-electron chi connectivity index (χ2n) is 5.30. The van der Waals surface area contributed by atoms with Crippen LogP contribution < -0.4 is 0 Å². The van der Waals surface area contributed by atoms with E-state index >= 15 is 0 Å². The zero-order valence-electron chi connectivity index (χ0n) is 11.7. The molecule has 0 spiro atoms. The highest BCUT2D eigenvalue weighted by molar-refractivity contribution is 6.31. The average Bonchev–Trinajstić information content (AvgIpc) is 3.00. The van der Waals surface area contributed by atoms with E-state index in [0.29, 0.717) is 0 Å². The molecule has 2 nitrogen and oxygen atoms in total. The molecule has 104 valence electrons. The van der Waals surface area contributed by atoms with E-state index in [1.54, 1.807) is 0 Å². The van der Waals surface area contributed by atoms with Crippen LogP contribution in [0, 0.1) is 13.8 Å². The fraction of sp³-hybridized carbons (Fsp3) is 0.111. The maximum absolute atomic E-state index is 6.13. The van der Waals surface area contributed by atoms with Crippen molar-refractivity contribution in [2.75, 3.05) is 0 Å². The minimum Gasteiger partial charge on any atom is -0.461 e. The molecule has 0 amide bonds. The summed E-state index contributed by atoms with van der Waals surface area (Å²) in [6.45, 7) is 3.89. The Balaban J connectivity index is 2.21. The van der Waals surface area contributed by atoms with Crippen LogP contribution in [-0.2, 0) is 0 Å². The van der Waals surface area contributed by atoms with Crippen molar-refractivity contribution in [2.24, 2.45) is 0 Å². The Bertz CT molecular complexity index is 976. The van der Waals surface area contributed by atoms with E-state index in [1.165, 1.54) is 0 Å². The zero-order chi connectivity index (χ0) is 14.6. The molecule has 0 aliphatic carbocycles. The summed E-state index contributed by atoms with van der Waals surface area (Å²) in [5, 5.41) is 3.95. The van der Waals surface area contributed by atoms with E-state index in [0.717, 1.165) is 49.6 Å². The fourth-order valence-electron chi connectivity index (χ4n) is 2.82. The van der Waals surface area contributed by atoms with Gasteiger partial charge in [-0.05, 0) is 61.0 Å². The molecular formula is C18H13ClO2. The number of benzene rings is 2. The Labute approximate surface area is 126 Å². The lowest BCUT2D eigenvalue weighted by Gasteiger charge is -2.06. The third-order valence-electron chi connectivity index (χ3n) is 3.69. The monoisotopic (exact) mass is 296 g/mol. The van der Waals surface area contributed by atoms with Gasteiger partial charge < -0.3 is 8.83 Å². The quantitative estimate of drug-likeness (QED) is 0.423. The SMILES string of the molecule is Cc1ccc(-c2c3ccc(Cl)cc3cc3cc(C)oc23)o1. The summed E-state index contributed by atoms with van der Waals surface area (Å²) in [5.41, 5.74) is 1.84. The van der Waals surface area contributed by atoms with Crippen molar-refractivity contribution in [3.8, 4) is 11.3 Å². The van der Waals surface area contributed by atoms with Gasteiger partial charge in [0.05, 0.1) is 5.56 Å². The van der Waals surface area contributed by atoms with Gasteiger partial charge in [0.1, 0.15) is 22.9 Å². The molecule has 4 aromatic rings. The van der Waals surface area contributed by atoms with E-state index < -0.39 is 0 Å². The highest BCUT2D eigenvalue weighted by Crippen LogP contribution is 2.39. The van der Waals surface area contributed by atoms with E-state index in [-0.39, 0.29) is 0 Å². The molecule has 0 unspecified atom stereocenters. The molecule has 0 N–H and O–H groups in total. The maximum Gasteiger partial charge on any atom is 0.145 e. The van der Waals surface area contributed by atoms with Gasteiger partial charge in [-0.15, -0.1) is 0 Å². The molecule has 0 atom stereocenters. The first-order valence-electron chi connectivity index (χ1n) is 6.81. The Hall–Kier alpha value is -2.19.